The van der Waals surface area contributed by atoms with Gasteiger partial charge in [0.05, 0.1) is 11.3 Å². The van der Waals surface area contributed by atoms with E-state index in [0.29, 0.717) is 29.4 Å². The molecule has 6 heteroatoms. The summed E-state index contributed by atoms with van der Waals surface area (Å²) in [6.07, 6.45) is 0. The number of hydrogen-bond acceptors (Lipinski definition) is 5. The van der Waals surface area contributed by atoms with E-state index in [0.717, 1.165) is 5.56 Å². The second-order valence-corrected chi connectivity index (χ2v) is 6.17. The van der Waals surface area contributed by atoms with Crippen molar-refractivity contribution in [3.63, 3.8) is 0 Å². The Labute approximate surface area is 157 Å². The van der Waals surface area contributed by atoms with E-state index in [1.54, 1.807) is 37.3 Å². The summed E-state index contributed by atoms with van der Waals surface area (Å²) in [5, 5.41) is 15.0. The number of aromatic nitrogens is 2. The topological polar surface area (TPSA) is 90.7 Å². The van der Waals surface area contributed by atoms with E-state index >= 15 is 0 Å². The number of nitriles is 1. The maximum Gasteiger partial charge on any atom is 0.274 e. The van der Waals surface area contributed by atoms with E-state index < -0.39 is 0 Å². The van der Waals surface area contributed by atoms with Gasteiger partial charge in [-0.25, -0.2) is 9.97 Å². The van der Waals surface area contributed by atoms with Gasteiger partial charge in [-0.3, -0.25) is 4.79 Å². The number of rotatable bonds is 5. The summed E-state index contributed by atoms with van der Waals surface area (Å²) >= 11 is 0. The van der Waals surface area contributed by atoms with Gasteiger partial charge in [0.2, 0.25) is 5.95 Å². The number of amides is 1. The number of anilines is 2. The highest BCUT2D eigenvalue weighted by Gasteiger charge is 2.13. The zero-order chi connectivity index (χ0) is 19.2. The molecule has 1 amide bonds. The number of aryl methyl sites for hydroxylation is 2. The number of benzene rings is 2. The molecule has 6 nitrogen and oxygen atoms in total. The standard InChI is InChI=1S/C21H19N5O/c1-14-6-5-7-16(10-14)13-23-21-24-15(2)11-19(26-21)20(27)25-18-9-4-3-8-17(18)12-22/h3-11H,13H2,1-2H3,(H,25,27)(H,23,24,26). The highest BCUT2D eigenvalue weighted by atomic mass is 16.1. The number of nitrogens with zero attached hydrogens (tertiary/aromatic N) is 3. The average molecular weight is 357 g/mol. The van der Waals surface area contributed by atoms with E-state index in [4.69, 9.17) is 5.26 Å². The van der Waals surface area contributed by atoms with Gasteiger partial charge in [0.1, 0.15) is 11.8 Å². The van der Waals surface area contributed by atoms with Crippen molar-refractivity contribution in [1.29, 1.82) is 5.26 Å². The third-order valence-electron chi connectivity index (χ3n) is 3.92. The molecular weight excluding hydrogens is 338 g/mol. The molecule has 0 saturated carbocycles. The van der Waals surface area contributed by atoms with Crippen LogP contribution in [-0.2, 0) is 6.54 Å². The second kappa shape index (κ2) is 8.11. The molecule has 2 aromatic carbocycles. The number of nitrogens with one attached hydrogen (secondary N) is 2. The quantitative estimate of drug-likeness (QED) is 0.724. The molecule has 2 N–H and O–H groups in total. The molecule has 3 aromatic rings. The Morgan fingerprint density at radius 2 is 1.89 bits per heavy atom. The first kappa shape index (κ1) is 18.1. The van der Waals surface area contributed by atoms with Gasteiger partial charge in [-0.2, -0.15) is 5.26 Å². The summed E-state index contributed by atoms with van der Waals surface area (Å²) in [5.41, 5.74) is 4.05. The highest BCUT2D eigenvalue weighted by molar-refractivity contribution is 6.03. The molecule has 0 saturated heterocycles. The zero-order valence-electron chi connectivity index (χ0n) is 15.2. The summed E-state index contributed by atoms with van der Waals surface area (Å²) in [6.45, 7) is 4.40. The van der Waals surface area contributed by atoms with Gasteiger partial charge in [0.25, 0.3) is 5.91 Å². The van der Waals surface area contributed by atoms with Crippen LogP contribution in [0.5, 0.6) is 0 Å². The fourth-order valence-electron chi connectivity index (χ4n) is 2.64. The Kier molecular flexibility index (Phi) is 5.43. The van der Waals surface area contributed by atoms with E-state index in [1.165, 1.54) is 5.56 Å². The van der Waals surface area contributed by atoms with Crippen LogP contribution in [0.3, 0.4) is 0 Å². The predicted molar refractivity (Wildman–Crippen MR) is 104 cm³/mol. The van der Waals surface area contributed by atoms with E-state index in [2.05, 4.69) is 32.7 Å². The molecule has 0 atom stereocenters. The summed E-state index contributed by atoms with van der Waals surface area (Å²) in [6, 6.07) is 18.6. The zero-order valence-corrected chi connectivity index (χ0v) is 15.2. The number of hydrogen-bond donors (Lipinski definition) is 2. The van der Waals surface area contributed by atoms with Crippen molar-refractivity contribution in [2.75, 3.05) is 10.6 Å². The minimum absolute atomic E-state index is 0.238. The maximum absolute atomic E-state index is 12.6. The van der Waals surface area contributed by atoms with E-state index in [1.807, 2.05) is 25.1 Å². The van der Waals surface area contributed by atoms with Crippen LogP contribution in [0.1, 0.15) is 32.9 Å². The Morgan fingerprint density at radius 1 is 1.07 bits per heavy atom. The van der Waals surface area contributed by atoms with Crippen LogP contribution in [0.2, 0.25) is 0 Å². The molecule has 0 aliphatic carbocycles. The van der Waals surface area contributed by atoms with Crippen molar-refractivity contribution >= 4 is 17.5 Å². The minimum atomic E-state index is -0.387. The molecule has 27 heavy (non-hydrogen) atoms. The third kappa shape index (κ3) is 4.67. The highest BCUT2D eigenvalue weighted by Crippen LogP contribution is 2.15. The number of para-hydroxylation sites is 1. The first-order valence-electron chi connectivity index (χ1n) is 8.51. The summed E-state index contributed by atoms with van der Waals surface area (Å²) in [5.74, 6) is -0.00275. The van der Waals surface area contributed by atoms with Crippen molar-refractivity contribution in [3.8, 4) is 6.07 Å². The number of carbonyl (C=O) groups excluding carboxylic acids is 1. The Hall–Kier alpha value is -3.72. The first-order chi connectivity index (χ1) is 13.0. The molecule has 0 bridgehead atoms. The lowest BCUT2D eigenvalue weighted by atomic mass is 10.1. The molecular formula is C21H19N5O. The lowest BCUT2D eigenvalue weighted by Gasteiger charge is -2.10. The van der Waals surface area contributed by atoms with Crippen LogP contribution in [0.4, 0.5) is 11.6 Å². The fraction of sp³-hybridized carbons (Fsp3) is 0.143. The van der Waals surface area contributed by atoms with Crippen LogP contribution in [0.15, 0.2) is 54.6 Å². The van der Waals surface area contributed by atoms with Crippen LogP contribution >= 0.6 is 0 Å². The van der Waals surface area contributed by atoms with Gasteiger partial charge in [0, 0.05) is 12.2 Å². The SMILES string of the molecule is Cc1cccc(CNc2nc(C)cc(C(=O)Nc3ccccc3C#N)n2)c1. The Balaban J connectivity index is 1.76. The smallest absolute Gasteiger partial charge is 0.274 e. The summed E-state index contributed by atoms with van der Waals surface area (Å²) < 4.78 is 0. The normalized spacial score (nSPS) is 10.1. The third-order valence-corrected chi connectivity index (χ3v) is 3.92. The van der Waals surface area contributed by atoms with Gasteiger partial charge in [-0.1, -0.05) is 42.0 Å². The molecule has 0 aliphatic heterocycles. The molecule has 0 radical (unpaired) electrons. The molecule has 0 aliphatic rings. The monoisotopic (exact) mass is 357 g/mol. The van der Waals surface area contributed by atoms with Gasteiger partial charge in [-0.05, 0) is 37.6 Å². The van der Waals surface area contributed by atoms with Crippen LogP contribution < -0.4 is 10.6 Å². The van der Waals surface area contributed by atoms with Gasteiger partial charge >= 0.3 is 0 Å². The molecule has 0 spiro atoms. The molecule has 1 aromatic heterocycles. The molecule has 134 valence electrons. The first-order valence-corrected chi connectivity index (χ1v) is 8.51. The van der Waals surface area contributed by atoms with Gasteiger partial charge < -0.3 is 10.6 Å². The van der Waals surface area contributed by atoms with Crippen molar-refractivity contribution in [2.24, 2.45) is 0 Å². The van der Waals surface area contributed by atoms with Gasteiger partial charge in [-0.15, -0.1) is 0 Å². The minimum Gasteiger partial charge on any atom is -0.350 e. The summed E-state index contributed by atoms with van der Waals surface area (Å²) in [4.78, 5) is 21.2. The van der Waals surface area contributed by atoms with Crippen LogP contribution in [0, 0.1) is 25.2 Å². The van der Waals surface area contributed by atoms with Gasteiger partial charge in [0.15, 0.2) is 0 Å². The lowest BCUT2D eigenvalue weighted by molar-refractivity contribution is 0.102. The van der Waals surface area contributed by atoms with Crippen LogP contribution in [-0.4, -0.2) is 15.9 Å². The number of carbonyl (C=O) groups is 1. The lowest BCUT2D eigenvalue weighted by Crippen LogP contribution is -2.16. The molecule has 0 fully saturated rings. The van der Waals surface area contributed by atoms with E-state index in [-0.39, 0.29) is 11.6 Å². The van der Waals surface area contributed by atoms with Crippen molar-refractivity contribution in [1.82, 2.24) is 9.97 Å². The van der Waals surface area contributed by atoms with Crippen LogP contribution in [0.25, 0.3) is 0 Å². The van der Waals surface area contributed by atoms with Crippen molar-refractivity contribution < 1.29 is 4.79 Å². The maximum atomic E-state index is 12.6. The average Bonchev–Trinajstić information content (AvgIpc) is 2.66. The molecule has 3 rings (SSSR count). The van der Waals surface area contributed by atoms with E-state index in [9.17, 15) is 4.79 Å². The predicted octanol–water partition coefficient (Wildman–Crippen LogP) is 3.83. The molecule has 1 heterocycles. The van der Waals surface area contributed by atoms with Crippen molar-refractivity contribution in [3.05, 3.63) is 82.7 Å². The molecule has 0 unspecified atom stereocenters. The fourth-order valence-corrected chi connectivity index (χ4v) is 2.64. The largest absolute Gasteiger partial charge is 0.350 e. The Bertz CT molecular complexity index is 1020. The summed E-state index contributed by atoms with van der Waals surface area (Å²) in [7, 11) is 0. The second-order valence-electron chi connectivity index (χ2n) is 6.17. The van der Waals surface area contributed by atoms with Crippen molar-refractivity contribution in [2.45, 2.75) is 20.4 Å². The Morgan fingerprint density at radius 3 is 2.67 bits per heavy atom.